The van der Waals surface area contributed by atoms with E-state index in [1.165, 1.54) is 18.7 Å². The Bertz CT molecular complexity index is 1520. The Morgan fingerprint density at radius 2 is 1.42 bits per heavy atom. The van der Waals surface area contributed by atoms with Crippen LogP contribution in [0.5, 0.6) is 0 Å². The minimum Gasteiger partial charge on any atom is -0.480 e. The van der Waals surface area contributed by atoms with Crippen LogP contribution in [0.2, 0.25) is 0 Å². The van der Waals surface area contributed by atoms with Crippen molar-refractivity contribution in [3.05, 3.63) is 35.9 Å². The van der Waals surface area contributed by atoms with Gasteiger partial charge in [-0.05, 0) is 69.8 Å². The molecule has 0 unspecified atom stereocenters. The van der Waals surface area contributed by atoms with E-state index in [1.807, 2.05) is 44.2 Å². The number of nitrogens with two attached hydrogens (primary N) is 3. The summed E-state index contributed by atoms with van der Waals surface area (Å²) < 4.78 is 0. The molecule has 0 spiro atoms. The fourth-order valence-corrected chi connectivity index (χ4v) is 6.03. The van der Waals surface area contributed by atoms with Gasteiger partial charge < -0.3 is 53.8 Å². The van der Waals surface area contributed by atoms with Crippen molar-refractivity contribution in [2.75, 3.05) is 13.1 Å². The molecule has 18 nitrogen and oxygen atoms in total. The van der Waals surface area contributed by atoms with Crippen LogP contribution < -0.4 is 43.8 Å². The summed E-state index contributed by atoms with van der Waals surface area (Å²) in [5, 5.41) is 22.7. The summed E-state index contributed by atoms with van der Waals surface area (Å²) in [6, 6.07) is 1.86. The molecule has 1 aromatic rings. The van der Waals surface area contributed by atoms with Crippen LogP contribution in [0.3, 0.4) is 0 Å². The smallest absolute Gasteiger partial charge is 0.326 e. The Morgan fingerprint density at radius 3 is 1.98 bits per heavy atom. The van der Waals surface area contributed by atoms with Gasteiger partial charge in [-0.1, -0.05) is 58.0 Å². The lowest BCUT2D eigenvalue weighted by molar-refractivity contribution is -0.144. The van der Waals surface area contributed by atoms with Crippen LogP contribution in [0.25, 0.3) is 0 Å². The zero-order valence-corrected chi connectivity index (χ0v) is 32.7. The second kappa shape index (κ2) is 22.2. The van der Waals surface area contributed by atoms with E-state index in [0.29, 0.717) is 12.8 Å². The maximum atomic E-state index is 13.9. The molecule has 1 heterocycles. The van der Waals surface area contributed by atoms with E-state index in [0.717, 1.165) is 5.56 Å². The minimum atomic E-state index is -1.25. The number of guanidine groups is 1. The summed E-state index contributed by atoms with van der Waals surface area (Å²) in [5.41, 5.74) is 17.5. The lowest BCUT2D eigenvalue weighted by Gasteiger charge is -2.32. The topological polar surface area (TPSA) is 294 Å². The lowest BCUT2D eigenvalue weighted by Crippen LogP contribution is -2.60. The number of carboxylic acid groups (broad SMARTS) is 1. The standard InChI is InChI=1S/C37H60N10O8/c1-20(2)18-27(33(51)44-26(36(54)55)14-10-16-41-37(39)40)45-34(52)28-15-11-17-47(28)35(53)29(21(3)4)46-31(49)23(6)42-30(48)22(5)43-32(50)25(38)19-24-12-8-7-9-13-24/h7-9,12-13,20-23,25-29H,10-11,14-19,38H2,1-6H3,(H,42,48)(H,43,50)(H,44,51)(H,45,52)(H,46,49)(H,54,55)(H4,39,40,41)/t22-,23-,25-,26-,27-,28-,29-/m0/s1. The number of benzene rings is 1. The Kier molecular flexibility index (Phi) is 18.5. The third-order valence-corrected chi connectivity index (χ3v) is 9.11. The molecule has 1 saturated heterocycles. The third-order valence-electron chi connectivity index (χ3n) is 9.11. The van der Waals surface area contributed by atoms with Crippen molar-refractivity contribution < 1.29 is 38.7 Å². The average Bonchev–Trinajstić information content (AvgIpc) is 3.61. The Hall–Kier alpha value is -5.26. The van der Waals surface area contributed by atoms with E-state index in [-0.39, 0.29) is 50.7 Å². The number of carboxylic acids is 1. The van der Waals surface area contributed by atoms with E-state index < -0.39 is 89.6 Å². The Labute approximate surface area is 322 Å². The molecule has 12 N–H and O–H groups in total. The van der Waals surface area contributed by atoms with Crippen molar-refractivity contribution in [1.29, 1.82) is 0 Å². The van der Waals surface area contributed by atoms with Crippen LogP contribution in [0.15, 0.2) is 35.3 Å². The monoisotopic (exact) mass is 772 g/mol. The maximum absolute atomic E-state index is 13.9. The maximum Gasteiger partial charge on any atom is 0.326 e. The van der Waals surface area contributed by atoms with Gasteiger partial charge >= 0.3 is 5.97 Å². The molecule has 0 aromatic heterocycles. The van der Waals surface area contributed by atoms with Gasteiger partial charge in [0, 0.05) is 13.1 Å². The number of hydrogen-bond acceptors (Lipinski definition) is 9. The first-order valence-electron chi connectivity index (χ1n) is 18.7. The zero-order valence-electron chi connectivity index (χ0n) is 32.7. The van der Waals surface area contributed by atoms with Gasteiger partial charge in [-0.3, -0.25) is 33.8 Å². The summed E-state index contributed by atoms with van der Waals surface area (Å²) in [6.07, 6.45) is 1.61. The molecule has 2 rings (SSSR count). The molecule has 1 aromatic carbocycles. The number of aliphatic carboxylic acids is 1. The number of nitrogens with zero attached hydrogens (tertiary/aromatic N) is 2. The van der Waals surface area contributed by atoms with Gasteiger partial charge in [-0.25, -0.2) is 4.79 Å². The minimum absolute atomic E-state index is 0.0508. The molecular formula is C37H60N10O8. The van der Waals surface area contributed by atoms with E-state index in [2.05, 4.69) is 31.6 Å². The molecule has 6 amide bonds. The van der Waals surface area contributed by atoms with E-state index in [1.54, 1.807) is 13.8 Å². The molecule has 0 aliphatic carbocycles. The van der Waals surface area contributed by atoms with Gasteiger partial charge in [0.25, 0.3) is 0 Å². The first kappa shape index (κ1) is 45.9. The summed E-state index contributed by atoms with van der Waals surface area (Å²) in [4.78, 5) is 96.7. The van der Waals surface area contributed by atoms with Crippen LogP contribution in [0, 0.1) is 11.8 Å². The molecular weight excluding hydrogens is 712 g/mol. The average molecular weight is 773 g/mol. The number of aliphatic imine (C=N–C) groups is 1. The predicted molar refractivity (Wildman–Crippen MR) is 206 cm³/mol. The fourth-order valence-electron chi connectivity index (χ4n) is 6.03. The summed E-state index contributed by atoms with van der Waals surface area (Å²) in [6.45, 7) is 10.5. The van der Waals surface area contributed by atoms with Gasteiger partial charge in [0.1, 0.15) is 36.3 Å². The van der Waals surface area contributed by atoms with Crippen LogP contribution in [-0.4, -0.2) is 113 Å². The molecule has 1 fully saturated rings. The SMILES string of the molecule is CC(C)C[C@H](NC(=O)[C@@H]1CCCN1C(=O)[C@@H](NC(=O)[C@H](C)NC(=O)[C@H](C)NC(=O)[C@@H](N)Cc1ccccc1)C(C)C)C(=O)N[C@@H](CCCN=C(N)N)C(=O)O. The quantitative estimate of drug-likeness (QED) is 0.0409. The number of amides is 6. The van der Waals surface area contributed by atoms with Crippen LogP contribution in [-0.2, 0) is 40.0 Å². The second-order valence-corrected chi connectivity index (χ2v) is 14.7. The molecule has 0 saturated carbocycles. The highest BCUT2D eigenvalue weighted by atomic mass is 16.4. The highest BCUT2D eigenvalue weighted by Gasteiger charge is 2.40. The van der Waals surface area contributed by atoms with E-state index in [9.17, 15) is 38.7 Å². The molecule has 0 radical (unpaired) electrons. The van der Waals surface area contributed by atoms with Crippen molar-refractivity contribution in [2.45, 2.75) is 122 Å². The number of hydrogen-bond donors (Lipinski definition) is 9. The van der Waals surface area contributed by atoms with Crippen molar-refractivity contribution in [3.8, 4) is 0 Å². The molecule has 18 heteroatoms. The highest BCUT2D eigenvalue weighted by Crippen LogP contribution is 2.21. The van der Waals surface area contributed by atoms with Crippen LogP contribution in [0.4, 0.5) is 0 Å². The lowest BCUT2D eigenvalue weighted by atomic mass is 10.0. The van der Waals surface area contributed by atoms with Gasteiger partial charge in [0.15, 0.2) is 5.96 Å². The fraction of sp³-hybridized carbons (Fsp3) is 0.622. The number of likely N-dealkylation sites (tertiary alicyclic amines) is 1. The van der Waals surface area contributed by atoms with Gasteiger partial charge in [-0.15, -0.1) is 0 Å². The van der Waals surface area contributed by atoms with Crippen LogP contribution >= 0.6 is 0 Å². The number of nitrogens with one attached hydrogen (secondary N) is 5. The largest absolute Gasteiger partial charge is 0.480 e. The molecule has 7 atom stereocenters. The normalized spacial score (nSPS) is 17.2. The number of carbonyl (C=O) groups is 7. The van der Waals surface area contributed by atoms with Gasteiger partial charge in [0.05, 0.1) is 6.04 Å². The predicted octanol–water partition coefficient (Wildman–Crippen LogP) is -1.15. The summed E-state index contributed by atoms with van der Waals surface area (Å²) in [5.74, 6) is -5.44. The molecule has 306 valence electrons. The Balaban J connectivity index is 2.05. The molecule has 1 aliphatic heterocycles. The van der Waals surface area contributed by atoms with E-state index >= 15 is 0 Å². The van der Waals surface area contributed by atoms with Crippen molar-refractivity contribution in [3.63, 3.8) is 0 Å². The number of carbonyl (C=O) groups excluding carboxylic acids is 6. The zero-order chi connectivity index (χ0) is 41.4. The van der Waals surface area contributed by atoms with Crippen molar-refractivity contribution in [2.24, 2.45) is 34.0 Å². The first-order valence-corrected chi connectivity index (χ1v) is 18.7. The van der Waals surface area contributed by atoms with Crippen LogP contribution in [0.1, 0.15) is 79.2 Å². The van der Waals surface area contributed by atoms with E-state index in [4.69, 9.17) is 17.2 Å². The molecule has 55 heavy (non-hydrogen) atoms. The first-order chi connectivity index (χ1) is 25.8. The highest BCUT2D eigenvalue weighted by molar-refractivity contribution is 5.97. The second-order valence-electron chi connectivity index (χ2n) is 14.7. The summed E-state index contributed by atoms with van der Waals surface area (Å²) >= 11 is 0. The number of rotatable bonds is 21. The van der Waals surface area contributed by atoms with Gasteiger partial charge in [0.2, 0.25) is 35.4 Å². The molecule has 0 bridgehead atoms. The van der Waals surface area contributed by atoms with Gasteiger partial charge in [-0.2, -0.15) is 0 Å². The molecule has 1 aliphatic rings. The van der Waals surface area contributed by atoms with Crippen molar-refractivity contribution >= 4 is 47.4 Å². The summed E-state index contributed by atoms with van der Waals surface area (Å²) in [7, 11) is 0. The third kappa shape index (κ3) is 15.2. The Morgan fingerprint density at radius 1 is 0.818 bits per heavy atom. The van der Waals surface area contributed by atoms with Crippen molar-refractivity contribution in [1.82, 2.24) is 31.5 Å².